The summed E-state index contributed by atoms with van der Waals surface area (Å²) < 4.78 is 25.8. The zero-order chi connectivity index (χ0) is 17.7. The van der Waals surface area contributed by atoms with Crippen molar-refractivity contribution in [2.75, 3.05) is 0 Å². The molecule has 2 aromatic rings. The van der Waals surface area contributed by atoms with Crippen molar-refractivity contribution in [3.05, 3.63) is 64.7 Å². The zero-order valence-corrected chi connectivity index (χ0v) is 14.4. The standard InChI is InChI=1S/C17H16ClNO4S/c1-10-2-8-13(9-3-10)24(22,23)15-14(17(15,19)16(20)21)11-4-6-12(18)7-5-11/h2-9,14-15H,19H2,1H3,(H,20,21)/t14-,15-,17-/m1/s1. The third-order valence-corrected chi connectivity index (χ3v) is 6.97. The normalized spacial score (nSPS) is 26.1. The molecule has 0 aliphatic heterocycles. The van der Waals surface area contributed by atoms with Crippen molar-refractivity contribution in [2.45, 2.75) is 28.5 Å². The van der Waals surface area contributed by atoms with Crippen LogP contribution in [0.1, 0.15) is 17.0 Å². The zero-order valence-electron chi connectivity index (χ0n) is 12.8. The number of benzene rings is 2. The first kappa shape index (κ1) is 17.0. The van der Waals surface area contributed by atoms with Crippen LogP contribution in [-0.4, -0.2) is 30.3 Å². The van der Waals surface area contributed by atoms with Crippen molar-refractivity contribution < 1.29 is 18.3 Å². The summed E-state index contributed by atoms with van der Waals surface area (Å²) in [5, 5.41) is 8.77. The van der Waals surface area contributed by atoms with Crippen LogP contribution < -0.4 is 5.73 Å². The summed E-state index contributed by atoms with van der Waals surface area (Å²) in [7, 11) is -3.88. The third kappa shape index (κ3) is 2.51. The molecule has 1 aliphatic rings. The minimum Gasteiger partial charge on any atom is -0.480 e. The number of carbonyl (C=O) groups is 1. The van der Waals surface area contributed by atoms with Gasteiger partial charge in [-0.15, -0.1) is 0 Å². The monoisotopic (exact) mass is 365 g/mol. The second kappa shape index (κ2) is 5.58. The fraction of sp³-hybridized carbons (Fsp3) is 0.235. The molecule has 3 atom stereocenters. The van der Waals surface area contributed by atoms with Gasteiger partial charge in [0.2, 0.25) is 0 Å². The van der Waals surface area contributed by atoms with Crippen molar-refractivity contribution in [2.24, 2.45) is 5.73 Å². The van der Waals surface area contributed by atoms with Crippen molar-refractivity contribution in [1.29, 1.82) is 0 Å². The van der Waals surface area contributed by atoms with E-state index >= 15 is 0 Å². The largest absolute Gasteiger partial charge is 0.480 e. The number of carboxylic acid groups (broad SMARTS) is 1. The molecule has 0 heterocycles. The number of sulfone groups is 1. The molecule has 0 radical (unpaired) electrons. The molecule has 5 nitrogen and oxygen atoms in total. The Balaban J connectivity index is 2.06. The summed E-state index contributed by atoms with van der Waals surface area (Å²) in [5.74, 6) is -2.15. The highest BCUT2D eigenvalue weighted by atomic mass is 35.5. The summed E-state index contributed by atoms with van der Waals surface area (Å²) in [4.78, 5) is 11.7. The Hall–Kier alpha value is -1.89. The molecule has 3 N–H and O–H groups in total. The maximum absolute atomic E-state index is 12.9. The lowest BCUT2D eigenvalue weighted by Gasteiger charge is -2.07. The van der Waals surface area contributed by atoms with E-state index in [1.165, 1.54) is 12.1 Å². The quantitative estimate of drug-likeness (QED) is 0.866. The van der Waals surface area contributed by atoms with Crippen LogP contribution in [0.3, 0.4) is 0 Å². The molecule has 2 aromatic carbocycles. The first-order valence-corrected chi connectivity index (χ1v) is 9.19. The minimum atomic E-state index is -3.88. The van der Waals surface area contributed by atoms with Crippen LogP contribution in [0.2, 0.25) is 5.02 Å². The highest BCUT2D eigenvalue weighted by Crippen LogP contribution is 2.55. The van der Waals surface area contributed by atoms with Crippen molar-refractivity contribution in [1.82, 2.24) is 0 Å². The molecule has 0 spiro atoms. The lowest BCUT2D eigenvalue weighted by atomic mass is 10.1. The molecular formula is C17H16ClNO4S. The minimum absolute atomic E-state index is 0.0747. The van der Waals surface area contributed by atoms with Gasteiger partial charge in [0.25, 0.3) is 0 Å². The van der Waals surface area contributed by atoms with Gasteiger partial charge in [-0.2, -0.15) is 0 Å². The summed E-state index contributed by atoms with van der Waals surface area (Å²) in [6.45, 7) is 1.84. The van der Waals surface area contributed by atoms with E-state index in [1.54, 1.807) is 36.4 Å². The van der Waals surface area contributed by atoms with Gasteiger partial charge < -0.3 is 10.8 Å². The maximum Gasteiger partial charge on any atom is 0.325 e. The molecule has 1 saturated carbocycles. The summed E-state index contributed by atoms with van der Waals surface area (Å²) >= 11 is 5.84. The summed E-state index contributed by atoms with van der Waals surface area (Å²) in [6.07, 6.45) is 0. The van der Waals surface area contributed by atoms with Gasteiger partial charge in [0, 0.05) is 10.9 Å². The van der Waals surface area contributed by atoms with Crippen LogP contribution in [0.4, 0.5) is 0 Å². The van der Waals surface area contributed by atoms with E-state index < -0.39 is 32.5 Å². The highest BCUT2D eigenvalue weighted by Gasteiger charge is 2.74. The Morgan fingerprint density at radius 1 is 1.12 bits per heavy atom. The lowest BCUT2D eigenvalue weighted by molar-refractivity contribution is -0.139. The molecule has 0 aromatic heterocycles. The molecule has 0 saturated heterocycles. The predicted molar refractivity (Wildman–Crippen MR) is 90.9 cm³/mol. The van der Waals surface area contributed by atoms with Gasteiger partial charge in [-0.3, -0.25) is 4.79 Å². The van der Waals surface area contributed by atoms with E-state index in [2.05, 4.69) is 0 Å². The van der Waals surface area contributed by atoms with Crippen molar-refractivity contribution in [3.63, 3.8) is 0 Å². The summed E-state index contributed by atoms with van der Waals surface area (Å²) in [6, 6.07) is 12.7. The van der Waals surface area contributed by atoms with Crippen LogP contribution >= 0.6 is 11.6 Å². The van der Waals surface area contributed by atoms with Gasteiger partial charge >= 0.3 is 5.97 Å². The smallest absolute Gasteiger partial charge is 0.325 e. The van der Waals surface area contributed by atoms with Crippen molar-refractivity contribution >= 4 is 27.4 Å². The molecule has 7 heteroatoms. The highest BCUT2D eigenvalue weighted by molar-refractivity contribution is 7.92. The number of carboxylic acids is 1. The Bertz CT molecular complexity index is 893. The number of hydrogen-bond donors (Lipinski definition) is 2. The van der Waals surface area contributed by atoms with E-state index in [-0.39, 0.29) is 4.90 Å². The van der Waals surface area contributed by atoms with Gasteiger partial charge in [0.05, 0.1) is 4.90 Å². The van der Waals surface area contributed by atoms with E-state index in [9.17, 15) is 18.3 Å². The molecule has 1 aliphatic carbocycles. The Morgan fingerprint density at radius 3 is 2.17 bits per heavy atom. The van der Waals surface area contributed by atoms with Gasteiger partial charge in [-0.05, 0) is 36.8 Å². The van der Waals surface area contributed by atoms with Crippen LogP contribution in [0.25, 0.3) is 0 Å². The SMILES string of the molecule is Cc1ccc(S(=O)(=O)[C@@H]2[C@@H](c3ccc(Cl)cc3)[C@]2(N)C(=O)O)cc1. The van der Waals surface area contributed by atoms with Crippen LogP contribution in [-0.2, 0) is 14.6 Å². The van der Waals surface area contributed by atoms with E-state index in [0.29, 0.717) is 10.6 Å². The van der Waals surface area contributed by atoms with Crippen LogP contribution in [0, 0.1) is 6.92 Å². The van der Waals surface area contributed by atoms with E-state index in [4.69, 9.17) is 17.3 Å². The topological polar surface area (TPSA) is 97.5 Å². The number of aliphatic carboxylic acids is 1. The number of hydrogen-bond acceptors (Lipinski definition) is 4. The van der Waals surface area contributed by atoms with Crippen LogP contribution in [0.15, 0.2) is 53.4 Å². The fourth-order valence-electron chi connectivity index (χ4n) is 3.06. The Morgan fingerprint density at radius 2 is 1.67 bits per heavy atom. The van der Waals surface area contributed by atoms with Gasteiger partial charge in [0.1, 0.15) is 10.8 Å². The predicted octanol–water partition coefficient (Wildman–Crippen LogP) is 2.37. The molecule has 3 rings (SSSR count). The van der Waals surface area contributed by atoms with E-state index in [0.717, 1.165) is 5.56 Å². The van der Waals surface area contributed by atoms with Gasteiger partial charge in [-0.25, -0.2) is 8.42 Å². The third-order valence-electron chi connectivity index (χ3n) is 4.46. The number of aryl methyl sites for hydroxylation is 1. The lowest BCUT2D eigenvalue weighted by Crippen LogP contribution is -2.39. The fourth-order valence-corrected chi connectivity index (χ4v) is 5.42. The molecule has 24 heavy (non-hydrogen) atoms. The maximum atomic E-state index is 12.9. The first-order chi connectivity index (χ1) is 11.2. The van der Waals surface area contributed by atoms with Crippen molar-refractivity contribution in [3.8, 4) is 0 Å². The molecule has 0 bridgehead atoms. The second-order valence-electron chi connectivity index (χ2n) is 6.05. The number of halogens is 1. The average molecular weight is 366 g/mol. The Labute approximate surface area is 145 Å². The second-order valence-corrected chi connectivity index (χ2v) is 8.55. The molecular weight excluding hydrogens is 350 g/mol. The average Bonchev–Trinajstić information content (AvgIpc) is 3.17. The van der Waals surface area contributed by atoms with E-state index in [1.807, 2.05) is 6.92 Å². The molecule has 0 unspecified atom stereocenters. The molecule has 1 fully saturated rings. The number of rotatable bonds is 4. The van der Waals surface area contributed by atoms with Gasteiger partial charge in [0.15, 0.2) is 9.84 Å². The van der Waals surface area contributed by atoms with Crippen LogP contribution in [0.5, 0.6) is 0 Å². The number of nitrogens with two attached hydrogens (primary N) is 1. The Kier molecular flexibility index (Phi) is 3.94. The first-order valence-electron chi connectivity index (χ1n) is 7.27. The van der Waals surface area contributed by atoms with Gasteiger partial charge in [-0.1, -0.05) is 41.4 Å². The molecule has 0 amide bonds. The summed E-state index contributed by atoms with van der Waals surface area (Å²) in [5.41, 5.74) is 5.60. The molecule has 126 valence electrons.